The van der Waals surface area contributed by atoms with Gasteiger partial charge in [0.1, 0.15) is 0 Å². The zero-order chi connectivity index (χ0) is 12.5. The van der Waals surface area contributed by atoms with Gasteiger partial charge in [0.15, 0.2) is 0 Å². The van der Waals surface area contributed by atoms with Crippen LogP contribution >= 0.6 is 0 Å². The van der Waals surface area contributed by atoms with Crippen molar-refractivity contribution in [2.45, 2.75) is 19.1 Å². The Morgan fingerprint density at radius 3 is 2.44 bits per heavy atom. The average Bonchev–Trinajstić information content (AvgIpc) is 2.15. The third-order valence-electron chi connectivity index (χ3n) is 2.39. The SMILES string of the molecule is Cc1ccc(C(C)S(N)(=O)=O)cc1[N+](=O)[O-]. The highest BCUT2D eigenvalue weighted by atomic mass is 32.2. The Bertz CT molecular complexity index is 524. The second-order valence-electron chi connectivity index (χ2n) is 3.53. The number of nitrogens with two attached hydrogens (primary N) is 1. The maximum Gasteiger partial charge on any atom is 0.272 e. The zero-order valence-corrected chi connectivity index (χ0v) is 9.69. The molecular formula is C9H12N2O4S. The number of nitrogens with zero attached hydrogens (tertiary/aromatic N) is 1. The van der Waals surface area contributed by atoms with Gasteiger partial charge in [-0.2, -0.15) is 0 Å². The summed E-state index contributed by atoms with van der Waals surface area (Å²) in [4.78, 5) is 10.1. The molecule has 0 aliphatic rings. The first-order chi connectivity index (χ1) is 7.23. The van der Waals surface area contributed by atoms with Gasteiger partial charge in [-0.3, -0.25) is 10.1 Å². The molecule has 16 heavy (non-hydrogen) atoms. The standard InChI is InChI=1S/C9H12N2O4S/c1-6-3-4-8(5-9(6)11(12)13)7(2)16(10,14)15/h3-5,7H,1-2H3,(H2,10,14,15). The van der Waals surface area contributed by atoms with Crippen LogP contribution in [0.4, 0.5) is 5.69 Å². The minimum atomic E-state index is -3.73. The molecule has 1 atom stereocenters. The molecule has 7 heteroatoms. The van der Waals surface area contributed by atoms with Crippen molar-refractivity contribution in [1.82, 2.24) is 0 Å². The van der Waals surface area contributed by atoms with Crippen LogP contribution < -0.4 is 5.14 Å². The van der Waals surface area contributed by atoms with Gasteiger partial charge in [-0.15, -0.1) is 0 Å². The number of primary sulfonamides is 1. The minimum absolute atomic E-state index is 0.104. The summed E-state index contributed by atoms with van der Waals surface area (Å²) in [6.45, 7) is 2.98. The maximum absolute atomic E-state index is 11.1. The molecule has 0 aromatic heterocycles. The van der Waals surface area contributed by atoms with Gasteiger partial charge in [-0.05, 0) is 19.4 Å². The summed E-state index contributed by atoms with van der Waals surface area (Å²) in [5.41, 5.74) is 0.697. The number of aryl methyl sites for hydroxylation is 1. The molecule has 0 saturated heterocycles. The first-order valence-electron chi connectivity index (χ1n) is 4.50. The molecule has 1 rings (SSSR count). The van der Waals surface area contributed by atoms with E-state index in [1.807, 2.05) is 0 Å². The Morgan fingerprint density at radius 2 is 2.00 bits per heavy atom. The van der Waals surface area contributed by atoms with Gasteiger partial charge >= 0.3 is 0 Å². The average molecular weight is 244 g/mol. The molecule has 2 N–H and O–H groups in total. The molecule has 0 bridgehead atoms. The molecule has 88 valence electrons. The fraction of sp³-hybridized carbons (Fsp3) is 0.333. The van der Waals surface area contributed by atoms with Crippen molar-refractivity contribution < 1.29 is 13.3 Å². The lowest BCUT2D eigenvalue weighted by atomic mass is 10.1. The van der Waals surface area contributed by atoms with E-state index >= 15 is 0 Å². The predicted octanol–water partition coefficient (Wildman–Crippen LogP) is 1.25. The fourth-order valence-corrected chi connectivity index (χ4v) is 1.79. The quantitative estimate of drug-likeness (QED) is 0.638. The highest BCUT2D eigenvalue weighted by Gasteiger charge is 2.21. The number of nitro groups is 1. The molecule has 0 aliphatic carbocycles. The Balaban J connectivity index is 3.29. The summed E-state index contributed by atoms with van der Waals surface area (Å²) >= 11 is 0. The lowest BCUT2D eigenvalue weighted by Gasteiger charge is -2.09. The van der Waals surface area contributed by atoms with E-state index in [4.69, 9.17) is 5.14 Å². The lowest BCUT2D eigenvalue weighted by Crippen LogP contribution is -2.19. The van der Waals surface area contributed by atoms with Crippen LogP contribution in [-0.2, 0) is 10.0 Å². The van der Waals surface area contributed by atoms with Gasteiger partial charge in [-0.25, -0.2) is 13.6 Å². The van der Waals surface area contributed by atoms with Crippen LogP contribution in [0.5, 0.6) is 0 Å². The maximum atomic E-state index is 11.1. The first-order valence-corrected chi connectivity index (χ1v) is 6.11. The van der Waals surface area contributed by atoms with Crippen LogP contribution in [-0.4, -0.2) is 13.3 Å². The van der Waals surface area contributed by atoms with Crippen molar-refractivity contribution in [2.24, 2.45) is 5.14 Å². The zero-order valence-electron chi connectivity index (χ0n) is 8.88. The molecule has 0 saturated carbocycles. The summed E-state index contributed by atoms with van der Waals surface area (Å²) in [6, 6.07) is 4.27. The molecule has 1 unspecified atom stereocenters. The normalized spacial score (nSPS) is 13.4. The van der Waals surface area contributed by atoms with Gasteiger partial charge in [0.25, 0.3) is 5.69 Å². The van der Waals surface area contributed by atoms with Crippen molar-refractivity contribution in [3.8, 4) is 0 Å². The summed E-state index contributed by atoms with van der Waals surface area (Å²) in [6.07, 6.45) is 0. The van der Waals surface area contributed by atoms with Crippen LogP contribution in [0.15, 0.2) is 18.2 Å². The van der Waals surface area contributed by atoms with Crippen molar-refractivity contribution in [3.05, 3.63) is 39.4 Å². The number of rotatable bonds is 3. The highest BCUT2D eigenvalue weighted by Crippen LogP contribution is 2.26. The highest BCUT2D eigenvalue weighted by molar-refractivity contribution is 7.89. The smallest absolute Gasteiger partial charge is 0.258 e. The van der Waals surface area contributed by atoms with E-state index in [9.17, 15) is 18.5 Å². The van der Waals surface area contributed by atoms with Gasteiger partial charge < -0.3 is 0 Å². The molecule has 0 fully saturated rings. The monoisotopic (exact) mass is 244 g/mol. The Hall–Kier alpha value is -1.47. The number of nitro benzene ring substituents is 1. The number of benzene rings is 1. The molecule has 0 aliphatic heterocycles. The minimum Gasteiger partial charge on any atom is -0.258 e. The largest absolute Gasteiger partial charge is 0.272 e. The van der Waals surface area contributed by atoms with Gasteiger partial charge in [0.05, 0.1) is 10.2 Å². The second-order valence-corrected chi connectivity index (χ2v) is 5.42. The lowest BCUT2D eigenvalue weighted by molar-refractivity contribution is -0.385. The summed E-state index contributed by atoms with van der Waals surface area (Å²) in [7, 11) is -3.73. The molecule has 0 amide bonds. The Morgan fingerprint density at radius 1 is 1.44 bits per heavy atom. The number of sulfonamides is 1. The molecule has 0 radical (unpaired) electrons. The van der Waals surface area contributed by atoms with Crippen LogP contribution in [0, 0.1) is 17.0 Å². The van der Waals surface area contributed by atoms with Crippen LogP contribution in [0.3, 0.4) is 0 Å². The molecule has 6 nitrogen and oxygen atoms in total. The second kappa shape index (κ2) is 4.18. The van der Waals surface area contributed by atoms with E-state index in [0.717, 1.165) is 0 Å². The van der Waals surface area contributed by atoms with Gasteiger partial charge in [-0.1, -0.05) is 12.1 Å². The van der Waals surface area contributed by atoms with Gasteiger partial charge in [0, 0.05) is 11.6 Å². The van der Waals surface area contributed by atoms with Gasteiger partial charge in [0.2, 0.25) is 10.0 Å². The van der Waals surface area contributed by atoms with Crippen LogP contribution in [0.25, 0.3) is 0 Å². The van der Waals surface area contributed by atoms with E-state index in [2.05, 4.69) is 0 Å². The first kappa shape index (κ1) is 12.6. The van der Waals surface area contributed by atoms with E-state index in [-0.39, 0.29) is 5.69 Å². The number of hydrogen-bond donors (Lipinski definition) is 1. The summed E-state index contributed by atoms with van der Waals surface area (Å²) < 4.78 is 22.2. The third kappa shape index (κ3) is 2.56. The van der Waals surface area contributed by atoms with Crippen molar-refractivity contribution >= 4 is 15.7 Å². The van der Waals surface area contributed by atoms with Crippen molar-refractivity contribution in [2.75, 3.05) is 0 Å². The topological polar surface area (TPSA) is 103 Å². The third-order valence-corrected chi connectivity index (χ3v) is 3.65. The molecule has 0 spiro atoms. The summed E-state index contributed by atoms with van der Waals surface area (Å²) in [5.74, 6) is 0. The predicted molar refractivity (Wildman–Crippen MR) is 59.4 cm³/mol. The van der Waals surface area contributed by atoms with Crippen LogP contribution in [0.1, 0.15) is 23.3 Å². The molecule has 1 aromatic rings. The van der Waals surface area contributed by atoms with Crippen LogP contribution in [0.2, 0.25) is 0 Å². The molecule has 1 aromatic carbocycles. The molecular weight excluding hydrogens is 232 g/mol. The van der Waals surface area contributed by atoms with E-state index in [0.29, 0.717) is 11.1 Å². The Kier molecular flexibility index (Phi) is 3.30. The van der Waals surface area contributed by atoms with Crippen molar-refractivity contribution in [3.63, 3.8) is 0 Å². The van der Waals surface area contributed by atoms with Crippen molar-refractivity contribution in [1.29, 1.82) is 0 Å². The number of hydrogen-bond acceptors (Lipinski definition) is 4. The molecule has 0 heterocycles. The Labute approximate surface area is 93.3 Å². The van der Waals surface area contributed by atoms with E-state index in [1.165, 1.54) is 25.1 Å². The fourth-order valence-electron chi connectivity index (χ4n) is 1.27. The summed E-state index contributed by atoms with van der Waals surface area (Å²) in [5, 5.41) is 14.7. The van der Waals surface area contributed by atoms with E-state index < -0.39 is 20.2 Å². The van der Waals surface area contributed by atoms with E-state index in [1.54, 1.807) is 6.92 Å².